The Hall–Kier alpha value is -1.78. The molecule has 0 atom stereocenters. The second-order valence-electron chi connectivity index (χ2n) is 2.92. The van der Waals surface area contributed by atoms with E-state index < -0.39 is 29.0 Å². The maximum Gasteiger partial charge on any atom is 0.331 e. The smallest absolute Gasteiger partial charge is 0.331 e. The molecule has 1 N–H and O–H groups in total. The van der Waals surface area contributed by atoms with Gasteiger partial charge in [-0.15, -0.1) is 0 Å². The molecular weight excluding hydrogens is 209 g/mol. The molecule has 2 nitrogen and oxygen atoms in total. The third-order valence-electron chi connectivity index (χ3n) is 1.74. The van der Waals surface area contributed by atoms with Crippen molar-refractivity contribution in [1.82, 2.24) is 0 Å². The zero-order valence-electron chi connectivity index (χ0n) is 7.72. The molecule has 0 saturated heterocycles. The first kappa shape index (κ1) is 11.3. The van der Waals surface area contributed by atoms with E-state index in [0.717, 1.165) is 6.08 Å². The van der Waals surface area contributed by atoms with E-state index in [2.05, 4.69) is 0 Å². The Morgan fingerprint density at radius 2 is 1.73 bits per heavy atom. The molecule has 0 aromatic heterocycles. The third-order valence-corrected chi connectivity index (χ3v) is 1.74. The van der Waals surface area contributed by atoms with Gasteiger partial charge in [-0.05, 0) is 13.0 Å². The van der Waals surface area contributed by atoms with Gasteiger partial charge in [-0.1, -0.05) is 0 Å². The quantitative estimate of drug-likeness (QED) is 0.771. The molecule has 1 aromatic rings. The standard InChI is InChI=1S/C10H7F3O2/c1-5(10(14)15)2-7-8(12)3-6(11)4-9(7)13/h2-4H,1H3,(H,14,15)/b5-2+. The molecular formula is C10H7F3O2. The average Bonchev–Trinajstić information content (AvgIpc) is 2.10. The Bertz CT molecular complexity index is 415. The monoisotopic (exact) mass is 216 g/mol. The van der Waals surface area contributed by atoms with Gasteiger partial charge >= 0.3 is 5.97 Å². The molecule has 0 aliphatic carbocycles. The molecule has 0 unspecified atom stereocenters. The molecule has 1 rings (SSSR count). The number of hydrogen-bond acceptors (Lipinski definition) is 1. The van der Waals surface area contributed by atoms with Crippen LogP contribution in [0.2, 0.25) is 0 Å². The predicted molar refractivity (Wildman–Crippen MR) is 47.6 cm³/mol. The van der Waals surface area contributed by atoms with E-state index in [4.69, 9.17) is 5.11 Å². The summed E-state index contributed by atoms with van der Waals surface area (Å²) in [5, 5.41) is 8.49. The Kier molecular flexibility index (Phi) is 3.14. The minimum absolute atomic E-state index is 0.237. The molecule has 0 amide bonds. The van der Waals surface area contributed by atoms with Gasteiger partial charge in [0.1, 0.15) is 17.5 Å². The highest BCUT2D eigenvalue weighted by molar-refractivity contribution is 5.91. The predicted octanol–water partition coefficient (Wildman–Crippen LogP) is 2.59. The van der Waals surface area contributed by atoms with E-state index in [9.17, 15) is 18.0 Å². The normalized spacial score (nSPS) is 11.6. The Balaban J connectivity index is 3.27. The highest BCUT2D eigenvalue weighted by Gasteiger charge is 2.11. The molecule has 0 aliphatic heterocycles. The van der Waals surface area contributed by atoms with Crippen molar-refractivity contribution in [3.63, 3.8) is 0 Å². The van der Waals surface area contributed by atoms with Crippen molar-refractivity contribution in [1.29, 1.82) is 0 Å². The lowest BCUT2D eigenvalue weighted by Crippen LogP contribution is -1.98. The number of aliphatic carboxylic acids is 1. The topological polar surface area (TPSA) is 37.3 Å². The summed E-state index contributed by atoms with van der Waals surface area (Å²) >= 11 is 0. The molecule has 0 heterocycles. The fourth-order valence-electron chi connectivity index (χ4n) is 0.970. The van der Waals surface area contributed by atoms with Crippen LogP contribution in [-0.2, 0) is 4.79 Å². The van der Waals surface area contributed by atoms with Gasteiger partial charge < -0.3 is 5.11 Å². The maximum atomic E-state index is 13.0. The number of benzene rings is 1. The molecule has 0 radical (unpaired) electrons. The SMILES string of the molecule is C/C(=C\c1c(F)cc(F)cc1F)C(=O)O. The van der Waals surface area contributed by atoms with Gasteiger partial charge in [0.25, 0.3) is 0 Å². The number of rotatable bonds is 2. The lowest BCUT2D eigenvalue weighted by Gasteiger charge is -2.00. The highest BCUT2D eigenvalue weighted by Crippen LogP contribution is 2.17. The molecule has 80 valence electrons. The third kappa shape index (κ3) is 2.59. The summed E-state index contributed by atoms with van der Waals surface area (Å²) in [7, 11) is 0. The van der Waals surface area contributed by atoms with Crippen LogP contribution in [0.4, 0.5) is 13.2 Å². The molecule has 0 bridgehead atoms. The summed E-state index contributed by atoms with van der Waals surface area (Å²) in [5.41, 5.74) is -0.796. The number of carboxylic acids is 1. The first-order valence-electron chi connectivity index (χ1n) is 3.98. The number of carboxylic acid groups (broad SMARTS) is 1. The fourth-order valence-corrected chi connectivity index (χ4v) is 0.970. The average molecular weight is 216 g/mol. The zero-order valence-corrected chi connectivity index (χ0v) is 7.72. The van der Waals surface area contributed by atoms with Gasteiger partial charge in [-0.2, -0.15) is 0 Å². The van der Waals surface area contributed by atoms with Gasteiger partial charge in [0.05, 0.1) is 0 Å². The van der Waals surface area contributed by atoms with E-state index in [1.165, 1.54) is 6.92 Å². The van der Waals surface area contributed by atoms with Gasteiger partial charge in [0.15, 0.2) is 0 Å². The van der Waals surface area contributed by atoms with Gasteiger partial charge in [-0.3, -0.25) is 0 Å². The molecule has 1 aromatic carbocycles. The van der Waals surface area contributed by atoms with Crippen LogP contribution < -0.4 is 0 Å². The lowest BCUT2D eigenvalue weighted by atomic mass is 10.1. The van der Waals surface area contributed by atoms with Crippen molar-refractivity contribution in [2.45, 2.75) is 6.92 Å². The first-order valence-corrected chi connectivity index (χ1v) is 3.98. The molecule has 5 heteroatoms. The van der Waals surface area contributed by atoms with Crippen molar-refractivity contribution in [3.05, 3.63) is 40.7 Å². The van der Waals surface area contributed by atoms with Crippen molar-refractivity contribution < 1.29 is 23.1 Å². The van der Waals surface area contributed by atoms with E-state index in [1.807, 2.05) is 0 Å². The summed E-state index contributed by atoms with van der Waals surface area (Å²) < 4.78 is 38.5. The van der Waals surface area contributed by atoms with Gasteiger partial charge in [-0.25, -0.2) is 18.0 Å². The van der Waals surface area contributed by atoms with E-state index in [0.29, 0.717) is 12.1 Å². The van der Waals surface area contributed by atoms with Crippen molar-refractivity contribution >= 4 is 12.0 Å². The molecule has 0 aliphatic rings. The zero-order chi connectivity index (χ0) is 11.6. The van der Waals surface area contributed by atoms with Crippen LogP contribution in [-0.4, -0.2) is 11.1 Å². The van der Waals surface area contributed by atoms with E-state index in [-0.39, 0.29) is 5.57 Å². The molecule has 0 spiro atoms. The number of hydrogen-bond donors (Lipinski definition) is 1. The highest BCUT2D eigenvalue weighted by atomic mass is 19.1. The van der Waals surface area contributed by atoms with Crippen molar-refractivity contribution in [2.24, 2.45) is 0 Å². The molecule has 0 saturated carbocycles. The van der Waals surface area contributed by atoms with Crippen LogP contribution in [0.25, 0.3) is 6.08 Å². The number of carbonyl (C=O) groups is 1. The van der Waals surface area contributed by atoms with Crippen molar-refractivity contribution in [3.8, 4) is 0 Å². The van der Waals surface area contributed by atoms with Crippen LogP contribution in [0.3, 0.4) is 0 Å². The Labute approximate surface area is 83.7 Å². The Morgan fingerprint density at radius 3 is 2.13 bits per heavy atom. The number of halogens is 3. The minimum atomic E-state index is -1.29. The molecule has 0 fully saturated rings. The van der Waals surface area contributed by atoms with E-state index >= 15 is 0 Å². The maximum absolute atomic E-state index is 13.0. The van der Waals surface area contributed by atoms with Crippen LogP contribution >= 0.6 is 0 Å². The summed E-state index contributed by atoms with van der Waals surface area (Å²) in [4.78, 5) is 10.4. The van der Waals surface area contributed by atoms with Crippen LogP contribution in [0.1, 0.15) is 12.5 Å². The van der Waals surface area contributed by atoms with Gasteiger partial charge in [0, 0.05) is 23.3 Å². The second-order valence-corrected chi connectivity index (χ2v) is 2.92. The van der Waals surface area contributed by atoms with Crippen molar-refractivity contribution in [2.75, 3.05) is 0 Å². The minimum Gasteiger partial charge on any atom is -0.478 e. The fraction of sp³-hybridized carbons (Fsp3) is 0.100. The Morgan fingerprint density at radius 1 is 1.27 bits per heavy atom. The van der Waals surface area contributed by atoms with Crippen LogP contribution in [0, 0.1) is 17.5 Å². The van der Waals surface area contributed by atoms with Gasteiger partial charge in [0.2, 0.25) is 0 Å². The largest absolute Gasteiger partial charge is 0.478 e. The van der Waals surface area contributed by atoms with E-state index in [1.54, 1.807) is 0 Å². The summed E-state index contributed by atoms with van der Waals surface area (Å²) in [5.74, 6) is -4.60. The van der Waals surface area contributed by atoms with Crippen LogP contribution in [0.5, 0.6) is 0 Å². The second kappa shape index (κ2) is 4.16. The summed E-state index contributed by atoms with van der Waals surface area (Å²) in [6, 6.07) is 0.980. The summed E-state index contributed by atoms with van der Waals surface area (Å²) in [6.07, 6.45) is 0.812. The molecule has 15 heavy (non-hydrogen) atoms. The lowest BCUT2D eigenvalue weighted by molar-refractivity contribution is -0.132. The first-order chi connectivity index (χ1) is 6.91. The van der Waals surface area contributed by atoms with Crippen LogP contribution in [0.15, 0.2) is 17.7 Å². The summed E-state index contributed by atoms with van der Waals surface area (Å²) in [6.45, 7) is 1.19.